The summed E-state index contributed by atoms with van der Waals surface area (Å²) in [6, 6.07) is 21.0. The summed E-state index contributed by atoms with van der Waals surface area (Å²) in [6.07, 6.45) is -2.40. The summed E-state index contributed by atoms with van der Waals surface area (Å²) in [6.45, 7) is 0. The van der Waals surface area contributed by atoms with Crippen molar-refractivity contribution in [3.8, 4) is 11.3 Å². The van der Waals surface area contributed by atoms with Gasteiger partial charge in [0, 0.05) is 0 Å². The second-order valence-corrected chi connectivity index (χ2v) is 7.91. The Bertz CT molecular complexity index is 1040. The van der Waals surface area contributed by atoms with E-state index < -0.39 is 11.7 Å². The molecule has 0 unspecified atom stereocenters. The van der Waals surface area contributed by atoms with Crippen LogP contribution in [-0.4, -0.2) is 24.3 Å². The van der Waals surface area contributed by atoms with Crippen molar-refractivity contribution in [2.45, 2.75) is 6.18 Å². The summed E-state index contributed by atoms with van der Waals surface area (Å²) in [4.78, 5) is 4.67. The van der Waals surface area contributed by atoms with Gasteiger partial charge in [-0.15, -0.1) is 0 Å². The van der Waals surface area contributed by atoms with E-state index >= 15 is 0 Å². The monoisotopic (exact) mass is 418 g/mol. The Hall–Kier alpha value is -2.56. The van der Waals surface area contributed by atoms with Crippen LogP contribution in [0.4, 0.5) is 13.2 Å². The van der Waals surface area contributed by atoms with Crippen LogP contribution in [0.5, 0.6) is 0 Å². The Morgan fingerprint density at radius 3 is 2.19 bits per heavy atom. The first-order valence-corrected chi connectivity index (χ1v) is 9.61. The zero-order chi connectivity index (χ0) is 18.1. The zero-order valence-electron chi connectivity index (χ0n) is 13.4. The number of hydrogen-bond acceptors (Lipinski definition) is 1. The third kappa shape index (κ3) is 3.26. The van der Waals surface area contributed by atoms with Crippen molar-refractivity contribution < 1.29 is 13.2 Å². The number of halogens is 3. The fourth-order valence-electron chi connectivity index (χ4n) is 2.68. The van der Waals surface area contributed by atoms with Crippen molar-refractivity contribution in [1.82, 2.24) is 9.38 Å². The molecule has 0 radical (unpaired) electrons. The molecule has 0 aliphatic carbocycles. The van der Waals surface area contributed by atoms with Crippen LogP contribution in [0.2, 0.25) is 0 Å². The molecule has 6 heteroatoms. The zero-order valence-corrected chi connectivity index (χ0v) is 15.2. The molecule has 0 saturated heterocycles. The van der Waals surface area contributed by atoms with Crippen LogP contribution >= 0.6 is 0 Å². The molecular weight excluding hydrogens is 404 g/mol. The van der Waals surface area contributed by atoms with E-state index in [1.807, 2.05) is 47.0 Å². The maximum absolute atomic E-state index is 12.8. The van der Waals surface area contributed by atoms with Gasteiger partial charge in [-0.25, -0.2) is 0 Å². The predicted octanol–water partition coefficient (Wildman–Crippen LogP) is 3.68. The number of imidazole rings is 1. The van der Waals surface area contributed by atoms with E-state index in [1.165, 1.54) is 16.6 Å². The van der Waals surface area contributed by atoms with E-state index in [2.05, 4.69) is 17.1 Å². The predicted molar refractivity (Wildman–Crippen MR) is 97.1 cm³/mol. The molecule has 0 fully saturated rings. The van der Waals surface area contributed by atoms with Crippen molar-refractivity contribution in [3.05, 3.63) is 84.6 Å². The molecule has 0 aliphatic heterocycles. The van der Waals surface area contributed by atoms with Gasteiger partial charge in [0.2, 0.25) is 0 Å². The molecule has 0 N–H and O–H groups in total. The molecule has 4 rings (SSSR count). The molecule has 2 aromatic carbocycles. The van der Waals surface area contributed by atoms with Gasteiger partial charge in [0.15, 0.2) is 0 Å². The van der Waals surface area contributed by atoms with Crippen LogP contribution in [0.25, 0.3) is 16.9 Å². The average molecular weight is 417 g/mol. The van der Waals surface area contributed by atoms with Crippen molar-refractivity contribution in [2.75, 3.05) is 0 Å². The molecule has 2 aromatic heterocycles. The van der Waals surface area contributed by atoms with E-state index in [-0.39, 0.29) is 15.0 Å². The topological polar surface area (TPSA) is 17.3 Å². The normalized spacial score (nSPS) is 11.8. The molecule has 130 valence electrons. The van der Waals surface area contributed by atoms with Crippen molar-refractivity contribution in [1.29, 1.82) is 0 Å². The number of fused-ring (bicyclic) bond motifs is 1. The summed E-state index contributed by atoms with van der Waals surface area (Å²) in [5.74, 6) is 0. The van der Waals surface area contributed by atoms with Crippen LogP contribution in [0.15, 0.2) is 79.0 Å². The van der Waals surface area contributed by atoms with Crippen molar-refractivity contribution in [3.63, 3.8) is 0 Å². The Balaban J connectivity index is 1.83. The van der Waals surface area contributed by atoms with Gasteiger partial charge in [0.05, 0.1) is 0 Å². The third-order valence-corrected chi connectivity index (χ3v) is 6.22. The number of nitrogens with zero attached hydrogens (tertiary/aromatic N) is 2. The van der Waals surface area contributed by atoms with E-state index in [9.17, 15) is 13.2 Å². The number of benzene rings is 2. The molecule has 0 spiro atoms. The van der Waals surface area contributed by atoms with Gasteiger partial charge < -0.3 is 0 Å². The van der Waals surface area contributed by atoms with E-state index in [1.54, 1.807) is 0 Å². The first-order chi connectivity index (χ1) is 12.5. The summed E-state index contributed by atoms with van der Waals surface area (Å²) in [5.41, 5.74) is 1.55. The fourth-order valence-corrected chi connectivity index (χ4v) is 4.84. The molecule has 0 bridgehead atoms. The van der Waals surface area contributed by atoms with Gasteiger partial charge in [-0.3, -0.25) is 0 Å². The first-order valence-electron chi connectivity index (χ1n) is 7.90. The molecule has 0 amide bonds. The molecule has 2 nitrogen and oxygen atoms in total. The second kappa shape index (κ2) is 6.63. The number of rotatable bonds is 3. The molecule has 0 saturated carbocycles. The van der Waals surface area contributed by atoms with Crippen molar-refractivity contribution in [2.24, 2.45) is 0 Å². The standard InChI is InChI=1S/C20H13F3N2Se/c21-20(22,23)15-11-9-14(10-12-15)18-19(26-16-6-2-1-3-7-16)25-13-5-4-8-17(25)24-18/h1-13H. The Morgan fingerprint density at radius 1 is 0.808 bits per heavy atom. The average Bonchev–Trinajstić information content (AvgIpc) is 3.01. The maximum atomic E-state index is 12.8. The van der Waals surface area contributed by atoms with Gasteiger partial charge >= 0.3 is 154 Å². The van der Waals surface area contributed by atoms with Gasteiger partial charge in [-0.2, -0.15) is 0 Å². The Kier molecular flexibility index (Phi) is 4.31. The number of hydrogen-bond donors (Lipinski definition) is 0. The van der Waals surface area contributed by atoms with Crippen LogP contribution in [0.3, 0.4) is 0 Å². The Morgan fingerprint density at radius 2 is 1.50 bits per heavy atom. The van der Waals surface area contributed by atoms with E-state index in [0.717, 1.165) is 28.1 Å². The fraction of sp³-hybridized carbons (Fsp3) is 0.0500. The van der Waals surface area contributed by atoms with Gasteiger partial charge in [-0.05, 0) is 0 Å². The van der Waals surface area contributed by atoms with Crippen LogP contribution in [-0.2, 0) is 6.18 Å². The SMILES string of the molecule is FC(F)(F)c1ccc(-c2nc3ccccn3c2[Se]c2ccccc2)cc1. The van der Waals surface area contributed by atoms with Crippen LogP contribution in [0.1, 0.15) is 5.56 Å². The molecular formula is C20H13F3N2Se. The number of pyridine rings is 1. The molecule has 26 heavy (non-hydrogen) atoms. The molecule has 0 aliphatic rings. The number of aromatic nitrogens is 2. The van der Waals surface area contributed by atoms with Crippen LogP contribution in [0, 0.1) is 0 Å². The molecule has 0 atom stereocenters. The Labute approximate surface area is 154 Å². The summed E-state index contributed by atoms with van der Waals surface area (Å²) in [7, 11) is 0. The minimum absolute atomic E-state index is 0.0277. The third-order valence-electron chi connectivity index (χ3n) is 3.93. The van der Waals surface area contributed by atoms with Crippen LogP contribution < -0.4 is 9.05 Å². The summed E-state index contributed by atoms with van der Waals surface area (Å²) >= 11 is -0.0277. The van der Waals surface area contributed by atoms with E-state index in [4.69, 9.17) is 0 Å². The quantitative estimate of drug-likeness (QED) is 0.465. The summed E-state index contributed by atoms with van der Waals surface area (Å²) < 4.78 is 42.7. The van der Waals surface area contributed by atoms with E-state index in [0.29, 0.717) is 5.56 Å². The summed E-state index contributed by atoms with van der Waals surface area (Å²) in [5, 5.41) is 0. The van der Waals surface area contributed by atoms with Gasteiger partial charge in [0.25, 0.3) is 0 Å². The van der Waals surface area contributed by atoms with Gasteiger partial charge in [0.1, 0.15) is 0 Å². The van der Waals surface area contributed by atoms with Gasteiger partial charge in [-0.1, -0.05) is 0 Å². The molecule has 2 heterocycles. The molecule has 4 aromatic rings. The first kappa shape index (κ1) is 16.9. The minimum atomic E-state index is -4.34. The number of alkyl halides is 3. The second-order valence-electron chi connectivity index (χ2n) is 5.68. The van der Waals surface area contributed by atoms with Crippen molar-refractivity contribution >= 4 is 29.7 Å².